The lowest BCUT2D eigenvalue weighted by molar-refractivity contribution is -0.141. The lowest BCUT2D eigenvalue weighted by atomic mass is 10.1. The van der Waals surface area contributed by atoms with Crippen molar-refractivity contribution in [2.45, 2.75) is 52.2 Å². The topological polar surface area (TPSA) is 49.4 Å². The van der Waals surface area contributed by atoms with Gasteiger partial charge in [0.15, 0.2) is 0 Å². The molecule has 4 nitrogen and oxygen atoms in total. The average Bonchev–Trinajstić information content (AvgIpc) is 2.66. The fourth-order valence-electron chi connectivity index (χ4n) is 3.06. The van der Waals surface area contributed by atoms with Crippen LogP contribution >= 0.6 is 46.4 Å². The van der Waals surface area contributed by atoms with Gasteiger partial charge in [-0.15, -0.1) is 0 Å². The van der Waals surface area contributed by atoms with Gasteiger partial charge in [0.1, 0.15) is 6.04 Å². The standard InChI is InChI=1S/C22H24Cl4N2O2/c1-4-20(22(30)27-13(2)3)28(12-15-6-8-17(24)19(26)10-15)21(29)11-14-5-7-16(23)18(25)9-14/h5-10,13,20H,4,11-12H2,1-3H3,(H,27,30)/t20-/m0/s1. The molecule has 0 radical (unpaired) electrons. The number of nitrogens with one attached hydrogen (secondary N) is 1. The molecular weight excluding hydrogens is 466 g/mol. The number of hydrogen-bond donors (Lipinski definition) is 1. The van der Waals surface area contributed by atoms with Crippen LogP contribution in [0.25, 0.3) is 0 Å². The number of benzene rings is 2. The fourth-order valence-corrected chi connectivity index (χ4v) is 3.70. The minimum Gasteiger partial charge on any atom is -0.352 e. The largest absolute Gasteiger partial charge is 0.352 e. The minimum absolute atomic E-state index is 0.0384. The molecule has 0 heterocycles. The summed E-state index contributed by atoms with van der Waals surface area (Å²) in [5.41, 5.74) is 1.50. The highest BCUT2D eigenvalue weighted by Crippen LogP contribution is 2.26. The summed E-state index contributed by atoms with van der Waals surface area (Å²) in [4.78, 5) is 27.6. The number of carbonyl (C=O) groups is 2. The van der Waals surface area contributed by atoms with Crippen LogP contribution in [0.2, 0.25) is 20.1 Å². The quantitative estimate of drug-likeness (QED) is 0.481. The van der Waals surface area contributed by atoms with Gasteiger partial charge in [0.25, 0.3) is 0 Å². The Balaban J connectivity index is 2.34. The maximum Gasteiger partial charge on any atom is 0.243 e. The number of carbonyl (C=O) groups excluding carboxylic acids is 2. The highest BCUT2D eigenvalue weighted by molar-refractivity contribution is 6.42. The van der Waals surface area contributed by atoms with Gasteiger partial charge in [-0.25, -0.2) is 0 Å². The van der Waals surface area contributed by atoms with Gasteiger partial charge in [0.05, 0.1) is 26.5 Å². The first-order valence-corrected chi connectivity index (χ1v) is 11.1. The molecule has 0 spiro atoms. The molecule has 162 valence electrons. The molecule has 0 fully saturated rings. The second-order valence-corrected chi connectivity index (χ2v) is 8.91. The van der Waals surface area contributed by atoms with Crippen molar-refractivity contribution in [1.29, 1.82) is 0 Å². The van der Waals surface area contributed by atoms with Crippen LogP contribution in [0.4, 0.5) is 0 Å². The van der Waals surface area contributed by atoms with Gasteiger partial charge in [-0.2, -0.15) is 0 Å². The van der Waals surface area contributed by atoms with Crippen LogP contribution in [0.15, 0.2) is 36.4 Å². The Morgan fingerprint density at radius 3 is 1.93 bits per heavy atom. The summed E-state index contributed by atoms with van der Waals surface area (Å²) in [6, 6.07) is 9.57. The lowest BCUT2D eigenvalue weighted by Gasteiger charge is -2.31. The van der Waals surface area contributed by atoms with E-state index in [1.165, 1.54) is 0 Å². The zero-order chi connectivity index (χ0) is 22.4. The van der Waals surface area contributed by atoms with Crippen molar-refractivity contribution in [3.63, 3.8) is 0 Å². The van der Waals surface area contributed by atoms with Crippen LogP contribution in [0, 0.1) is 0 Å². The zero-order valence-corrected chi connectivity index (χ0v) is 20.0. The van der Waals surface area contributed by atoms with Crippen LogP contribution in [0.1, 0.15) is 38.3 Å². The molecule has 2 aromatic carbocycles. The molecule has 0 bridgehead atoms. The van der Waals surface area contributed by atoms with E-state index in [1.807, 2.05) is 20.8 Å². The summed E-state index contributed by atoms with van der Waals surface area (Å²) in [5, 5.41) is 4.52. The molecular formula is C22H24Cl4N2O2. The molecule has 2 amide bonds. The molecule has 0 unspecified atom stereocenters. The molecule has 0 aliphatic carbocycles. The van der Waals surface area contributed by atoms with E-state index in [-0.39, 0.29) is 30.8 Å². The van der Waals surface area contributed by atoms with E-state index >= 15 is 0 Å². The Kier molecular flexibility index (Phi) is 9.30. The van der Waals surface area contributed by atoms with E-state index in [1.54, 1.807) is 41.3 Å². The fraction of sp³-hybridized carbons (Fsp3) is 0.364. The van der Waals surface area contributed by atoms with Gasteiger partial charge in [0, 0.05) is 12.6 Å². The highest BCUT2D eigenvalue weighted by atomic mass is 35.5. The van der Waals surface area contributed by atoms with Gasteiger partial charge in [0.2, 0.25) is 11.8 Å². The molecule has 0 aromatic heterocycles. The van der Waals surface area contributed by atoms with E-state index in [2.05, 4.69) is 5.32 Å². The molecule has 0 aliphatic rings. The van der Waals surface area contributed by atoms with E-state index in [0.29, 0.717) is 32.1 Å². The number of halogens is 4. The van der Waals surface area contributed by atoms with Crippen LogP contribution in [0.3, 0.4) is 0 Å². The van der Waals surface area contributed by atoms with E-state index in [0.717, 1.165) is 5.56 Å². The Morgan fingerprint density at radius 2 is 1.43 bits per heavy atom. The first-order chi connectivity index (χ1) is 14.1. The summed E-state index contributed by atoms with van der Waals surface area (Å²) < 4.78 is 0. The summed E-state index contributed by atoms with van der Waals surface area (Å²) in [7, 11) is 0. The van der Waals surface area contributed by atoms with Gasteiger partial charge >= 0.3 is 0 Å². The zero-order valence-electron chi connectivity index (χ0n) is 17.0. The molecule has 0 saturated carbocycles. The van der Waals surface area contributed by atoms with Gasteiger partial charge < -0.3 is 10.2 Å². The third kappa shape index (κ3) is 6.78. The molecule has 30 heavy (non-hydrogen) atoms. The van der Waals surface area contributed by atoms with Gasteiger partial charge in [-0.1, -0.05) is 65.5 Å². The molecule has 0 aliphatic heterocycles. The molecule has 1 N–H and O–H groups in total. The van der Waals surface area contributed by atoms with Crippen molar-refractivity contribution < 1.29 is 9.59 Å². The molecule has 8 heteroatoms. The smallest absolute Gasteiger partial charge is 0.243 e. The number of amides is 2. The van der Waals surface area contributed by atoms with Crippen molar-refractivity contribution in [2.75, 3.05) is 0 Å². The maximum absolute atomic E-state index is 13.3. The Bertz CT molecular complexity index is 918. The van der Waals surface area contributed by atoms with Crippen LogP contribution in [0.5, 0.6) is 0 Å². The van der Waals surface area contributed by atoms with Crippen molar-refractivity contribution in [3.05, 3.63) is 67.6 Å². The van der Waals surface area contributed by atoms with Crippen molar-refractivity contribution in [1.82, 2.24) is 10.2 Å². The molecule has 2 rings (SSSR count). The predicted octanol–water partition coefficient (Wildman–Crippen LogP) is 6.17. The van der Waals surface area contributed by atoms with Crippen LogP contribution < -0.4 is 5.32 Å². The van der Waals surface area contributed by atoms with Crippen LogP contribution in [-0.4, -0.2) is 28.8 Å². The van der Waals surface area contributed by atoms with Crippen molar-refractivity contribution in [3.8, 4) is 0 Å². The second kappa shape index (κ2) is 11.2. The third-order valence-electron chi connectivity index (χ3n) is 4.49. The van der Waals surface area contributed by atoms with E-state index in [4.69, 9.17) is 46.4 Å². The molecule has 2 aromatic rings. The number of nitrogens with zero attached hydrogens (tertiary/aromatic N) is 1. The van der Waals surface area contributed by atoms with Crippen LogP contribution in [-0.2, 0) is 22.6 Å². The Labute approximate surface area is 197 Å². The predicted molar refractivity (Wildman–Crippen MR) is 125 cm³/mol. The first kappa shape index (κ1) is 24.8. The summed E-state index contributed by atoms with van der Waals surface area (Å²) >= 11 is 24.2. The molecule has 0 saturated heterocycles. The monoisotopic (exact) mass is 488 g/mol. The first-order valence-electron chi connectivity index (χ1n) is 9.60. The number of rotatable bonds is 8. The molecule has 1 atom stereocenters. The highest BCUT2D eigenvalue weighted by Gasteiger charge is 2.29. The second-order valence-electron chi connectivity index (χ2n) is 7.28. The SMILES string of the molecule is CC[C@@H](C(=O)NC(C)C)N(Cc1ccc(Cl)c(Cl)c1)C(=O)Cc1ccc(Cl)c(Cl)c1. The van der Waals surface area contributed by atoms with Crippen molar-refractivity contribution in [2.24, 2.45) is 0 Å². The van der Waals surface area contributed by atoms with Gasteiger partial charge in [-0.05, 0) is 55.7 Å². The number of hydrogen-bond acceptors (Lipinski definition) is 2. The Hall–Kier alpha value is -1.46. The Morgan fingerprint density at radius 1 is 0.900 bits per heavy atom. The average molecular weight is 490 g/mol. The summed E-state index contributed by atoms with van der Waals surface area (Å²) in [6.45, 7) is 5.86. The third-order valence-corrected chi connectivity index (χ3v) is 5.97. The minimum atomic E-state index is -0.628. The van der Waals surface area contributed by atoms with Gasteiger partial charge in [-0.3, -0.25) is 9.59 Å². The normalized spacial score (nSPS) is 12.0. The lowest BCUT2D eigenvalue weighted by Crippen LogP contribution is -2.50. The van der Waals surface area contributed by atoms with Crippen molar-refractivity contribution >= 4 is 58.2 Å². The van der Waals surface area contributed by atoms with E-state index < -0.39 is 6.04 Å². The summed E-state index contributed by atoms with van der Waals surface area (Å²) in [5.74, 6) is -0.403. The van der Waals surface area contributed by atoms with E-state index in [9.17, 15) is 9.59 Å². The maximum atomic E-state index is 13.3. The summed E-state index contributed by atoms with van der Waals surface area (Å²) in [6.07, 6.45) is 0.552.